The Bertz CT molecular complexity index is 310. The summed E-state index contributed by atoms with van der Waals surface area (Å²) < 4.78 is 12.2. The minimum atomic E-state index is -0.199. The Hall–Kier alpha value is -0.160. The third kappa shape index (κ3) is 3.19. The topological polar surface area (TPSA) is 33.7 Å². The molecule has 4 heteroatoms. The summed E-state index contributed by atoms with van der Waals surface area (Å²) in [6.07, 6.45) is 10.2. The van der Waals surface area contributed by atoms with Crippen molar-refractivity contribution < 1.29 is 9.47 Å². The van der Waals surface area contributed by atoms with Gasteiger partial charge in [0.1, 0.15) is 0 Å². The number of ether oxygens (including phenoxy) is 2. The molecule has 116 valence electrons. The molecule has 1 atom stereocenters. The van der Waals surface area contributed by atoms with Gasteiger partial charge < -0.3 is 19.7 Å². The maximum absolute atomic E-state index is 6.24. The molecular formula is C16H30N2O2. The molecule has 0 aromatic rings. The lowest BCUT2D eigenvalue weighted by Gasteiger charge is -2.35. The van der Waals surface area contributed by atoms with Gasteiger partial charge in [0.25, 0.3) is 0 Å². The van der Waals surface area contributed by atoms with Gasteiger partial charge in [0.2, 0.25) is 0 Å². The lowest BCUT2D eigenvalue weighted by atomic mass is 9.90. The summed E-state index contributed by atoms with van der Waals surface area (Å²) in [4.78, 5) is 2.51. The number of hydrogen-bond acceptors (Lipinski definition) is 4. The maximum atomic E-state index is 6.24. The molecule has 2 aliphatic carbocycles. The maximum Gasteiger partial charge on any atom is 0.168 e. The average molecular weight is 282 g/mol. The highest BCUT2D eigenvalue weighted by atomic mass is 16.7. The van der Waals surface area contributed by atoms with Crippen LogP contribution in [0.2, 0.25) is 0 Å². The van der Waals surface area contributed by atoms with Crippen molar-refractivity contribution in [3.05, 3.63) is 0 Å². The van der Waals surface area contributed by atoms with Gasteiger partial charge in [0, 0.05) is 31.5 Å². The molecule has 4 nitrogen and oxygen atoms in total. The van der Waals surface area contributed by atoms with Crippen LogP contribution in [0.1, 0.15) is 51.4 Å². The first-order valence-corrected chi connectivity index (χ1v) is 8.40. The molecule has 1 saturated heterocycles. The smallest absolute Gasteiger partial charge is 0.168 e. The molecule has 3 fully saturated rings. The third-order valence-corrected chi connectivity index (χ3v) is 5.50. The highest BCUT2D eigenvalue weighted by Gasteiger charge is 2.44. The van der Waals surface area contributed by atoms with Gasteiger partial charge in [-0.1, -0.05) is 0 Å². The summed E-state index contributed by atoms with van der Waals surface area (Å²) >= 11 is 0. The van der Waals surface area contributed by atoms with Crippen molar-refractivity contribution in [3.8, 4) is 0 Å². The van der Waals surface area contributed by atoms with Gasteiger partial charge in [-0.15, -0.1) is 0 Å². The van der Waals surface area contributed by atoms with E-state index in [4.69, 9.17) is 9.47 Å². The van der Waals surface area contributed by atoms with Crippen LogP contribution in [-0.4, -0.2) is 56.1 Å². The van der Waals surface area contributed by atoms with E-state index >= 15 is 0 Å². The Kier molecular flexibility index (Phi) is 4.65. The summed E-state index contributed by atoms with van der Waals surface area (Å²) in [5.74, 6) is -0.199. The Labute approximate surface area is 123 Å². The van der Waals surface area contributed by atoms with E-state index in [2.05, 4.69) is 24.3 Å². The average Bonchev–Trinajstić information content (AvgIpc) is 3.09. The van der Waals surface area contributed by atoms with Crippen LogP contribution in [0, 0.1) is 0 Å². The second-order valence-electron chi connectivity index (χ2n) is 6.90. The monoisotopic (exact) mass is 282 g/mol. The van der Waals surface area contributed by atoms with Crippen molar-refractivity contribution in [3.63, 3.8) is 0 Å². The van der Waals surface area contributed by atoms with Crippen molar-refractivity contribution in [2.75, 3.05) is 27.2 Å². The van der Waals surface area contributed by atoms with Crippen LogP contribution in [-0.2, 0) is 9.47 Å². The number of nitrogens with one attached hydrogen (secondary N) is 1. The molecule has 3 aliphatic rings. The zero-order chi connectivity index (χ0) is 14.0. The first-order valence-electron chi connectivity index (χ1n) is 8.40. The SMILES string of the molecule is CNC1CCC(N(C)CC2COC3(CCCC3)O2)CC1. The molecule has 1 spiro atoms. The standard InChI is InChI=1S/C16H30N2O2/c1-17-13-5-7-14(8-6-13)18(2)11-15-12-19-16(20-15)9-3-4-10-16/h13-15,17H,3-12H2,1-2H3. The fraction of sp³-hybridized carbons (Fsp3) is 1.00. The Balaban J connectivity index is 1.44. The predicted molar refractivity (Wildman–Crippen MR) is 79.8 cm³/mol. The third-order valence-electron chi connectivity index (χ3n) is 5.50. The van der Waals surface area contributed by atoms with Gasteiger partial charge >= 0.3 is 0 Å². The first-order chi connectivity index (χ1) is 9.71. The molecular weight excluding hydrogens is 252 g/mol. The van der Waals surface area contributed by atoms with Crippen molar-refractivity contribution in [1.82, 2.24) is 10.2 Å². The van der Waals surface area contributed by atoms with E-state index in [0.29, 0.717) is 0 Å². The van der Waals surface area contributed by atoms with E-state index in [1.165, 1.54) is 38.5 Å². The minimum Gasteiger partial charge on any atom is -0.347 e. The highest BCUT2D eigenvalue weighted by Crippen LogP contribution is 2.39. The summed E-state index contributed by atoms with van der Waals surface area (Å²) in [6.45, 7) is 1.81. The van der Waals surface area contributed by atoms with E-state index in [9.17, 15) is 0 Å². The predicted octanol–water partition coefficient (Wildman–Crippen LogP) is 2.13. The van der Waals surface area contributed by atoms with Crippen LogP contribution in [0.25, 0.3) is 0 Å². The van der Waals surface area contributed by atoms with Crippen LogP contribution >= 0.6 is 0 Å². The van der Waals surface area contributed by atoms with Gasteiger partial charge in [0.05, 0.1) is 12.7 Å². The Morgan fingerprint density at radius 1 is 1.15 bits per heavy atom. The summed E-state index contributed by atoms with van der Waals surface area (Å²) in [6, 6.07) is 1.45. The highest BCUT2D eigenvalue weighted by molar-refractivity contribution is 4.87. The quantitative estimate of drug-likeness (QED) is 0.856. The summed E-state index contributed by atoms with van der Waals surface area (Å²) in [5, 5.41) is 3.41. The molecule has 0 radical (unpaired) electrons. The zero-order valence-corrected chi connectivity index (χ0v) is 13.1. The molecule has 0 bridgehead atoms. The van der Waals surface area contributed by atoms with Gasteiger partial charge in [-0.2, -0.15) is 0 Å². The molecule has 3 rings (SSSR count). The largest absolute Gasteiger partial charge is 0.347 e. The molecule has 0 aromatic heterocycles. The molecule has 20 heavy (non-hydrogen) atoms. The van der Waals surface area contributed by atoms with Gasteiger partial charge in [-0.3, -0.25) is 0 Å². The van der Waals surface area contributed by atoms with E-state index in [-0.39, 0.29) is 11.9 Å². The number of likely N-dealkylation sites (N-methyl/N-ethyl adjacent to an activating group) is 1. The summed E-state index contributed by atoms with van der Waals surface area (Å²) in [7, 11) is 4.34. The zero-order valence-electron chi connectivity index (χ0n) is 13.1. The molecule has 1 heterocycles. The van der Waals surface area contributed by atoms with Crippen molar-refractivity contribution in [2.24, 2.45) is 0 Å². The van der Waals surface area contributed by atoms with Crippen LogP contribution in [0.5, 0.6) is 0 Å². The Morgan fingerprint density at radius 2 is 1.85 bits per heavy atom. The molecule has 0 amide bonds. The fourth-order valence-corrected chi connectivity index (χ4v) is 4.16. The van der Waals surface area contributed by atoms with Crippen molar-refractivity contribution in [1.29, 1.82) is 0 Å². The van der Waals surface area contributed by atoms with Crippen LogP contribution in [0.15, 0.2) is 0 Å². The molecule has 2 saturated carbocycles. The number of nitrogens with zero attached hydrogens (tertiary/aromatic N) is 1. The van der Waals surface area contributed by atoms with Crippen LogP contribution in [0.3, 0.4) is 0 Å². The van der Waals surface area contributed by atoms with E-state index in [1.807, 2.05) is 0 Å². The van der Waals surface area contributed by atoms with Crippen LogP contribution < -0.4 is 5.32 Å². The van der Waals surface area contributed by atoms with Gasteiger partial charge in [0.15, 0.2) is 5.79 Å². The van der Waals surface area contributed by atoms with E-state index in [1.54, 1.807) is 0 Å². The molecule has 1 unspecified atom stereocenters. The lowest BCUT2D eigenvalue weighted by molar-refractivity contribution is -0.163. The lowest BCUT2D eigenvalue weighted by Crippen LogP contribution is -2.43. The van der Waals surface area contributed by atoms with E-state index in [0.717, 1.165) is 38.1 Å². The van der Waals surface area contributed by atoms with Gasteiger partial charge in [-0.05, 0) is 52.6 Å². The Morgan fingerprint density at radius 3 is 2.50 bits per heavy atom. The second-order valence-corrected chi connectivity index (χ2v) is 6.90. The van der Waals surface area contributed by atoms with Crippen molar-refractivity contribution >= 4 is 0 Å². The van der Waals surface area contributed by atoms with Crippen LogP contribution in [0.4, 0.5) is 0 Å². The van der Waals surface area contributed by atoms with E-state index < -0.39 is 0 Å². The number of rotatable bonds is 4. The first kappa shape index (κ1) is 14.8. The molecule has 0 aromatic carbocycles. The number of hydrogen-bond donors (Lipinski definition) is 1. The normalized spacial score (nSPS) is 37.0. The minimum absolute atomic E-state index is 0.199. The molecule has 1 N–H and O–H groups in total. The van der Waals surface area contributed by atoms with Gasteiger partial charge in [-0.25, -0.2) is 0 Å². The van der Waals surface area contributed by atoms with Crippen molar-refractivity contribution in [2.45, 2.75) is 75.3 Å². The second kappa shape index (κ2) is 6.30. The summed E-state index contributed by atoms with van der Waals surface area (Å²) in [5.41, 5.74) is 0. The fourth-order valence-electron chi connectivity index (χ4n) is 4.16. The molecule has 1 aliphatic heterocycles.